The Morgan fingerprint density at radius 3 is 2.86 bits per heavy atom. The number of nitrogens with one attached hydrogen (secondary N) is 1. The van der Waals surface area contributed by atoms with Gasteiger partial charge in [-0.25, -0.2) is 4.98 Å². The van der Waals surface area contributed by atoms with Crippen LogP contribution in [0.15, 0.2) is 28.9 Å². The molecular formula is C15H10BrN3O3. The van der Waals surface area contributed by atoms with Crippen molar-refractivity contribution in [2.24, 2.45) is 0 Å². The van der Waals surface area contributed by atoms with Crippen LogP contribution in [-0.2, 0) is 9.59 Å². The minimum atomic E-state index is -0.671. The summed E-state index contributed by atoms with van der Waals surface area (Å²) in [6.45, 7) is 0. The smallest absolute Gasteiger partial charge is 0.259 e. The fourth-order valence-corrected chi connectivity index (χ4v) is 3.49. The van der Waals surface area contributed by atoms with E-state index in [-0.39, 0.29) is 18.2 Å². The molecule has 6 nitrogen and oxygen atoms in total. The normalized spacial score (nSPS) is 20.7. The maximum absolute atomic E-state index is 12.7. The average molecular weight is 360 g/mol. The molecule has 110 valence electrons. The summed E-state index contributed by atoms with van der Waals surface area (Å²) >= 11 is 3.34. The van der Waals surface area contributed by atoms with Gasteiger partial charge in [0.05, 0.1) is 16.8 Å². The Morgan fingerprint density at radius 1 is 1.27 bits per heavy atom. The summed E-state index contributed by atoms with van der Waals surface area (Å²) in [4.78, 5) is 42.0. The van der Waals surface area contributed by atoms with Crippen molar-refractivity contribution in [2.45, 2.75) is 18.9 Å². The van der Waals surface area contributed by atoms with E-state index in [2.05, 4.69) is 26.2 Å². The molecule has 1 atom stereocenters. The lowest BCUT2D eigenvalue weighted by atomic mass is 10.0. The molecule has 1 aromatic heterocycles. The van der Waals surface area contributed by atoms with Crippen molar-refractivity contribution in [3.8, 4) is 0 Å². The second-order valence-corrected chi connectivity index (χ2v) is 6.12. The lowest BCUT2D eigenvalue weighted by Crippen LogP contribution is -2.53. The third-order valence-electron chi connectivity index (χ3n) is 4.01. The fraction of sp³-hybridized carbons (Fsp3) is 0.200. The maximum atomic E-state index is 12.7. The minimum Gasteiger partial charge on any atom is -0.295 e. The molecule has 7 heteroatoms. The van der Waals surface area contributed by atoms with E-state index in [0.29, 0.717) is 27.8 Å². The molecule has 1 N–H and O–H groups in total. The third-order valence-corrected chi connectivity index (χ3v) is 4.42. The highest BCUT2D eigenvalue weighted by Gasteiger charge is 2.40. The lowest BCUT2D eigenvalue weighted by Gasteiger charge is -2.30. The summed E-state index contributed by atoms with van der Waals surface area (Å²) in [6, 6.07) is 6.40. The molecule has 1 unspecified atom stereocenters. The number of aromatic nitrogens is 1. The lowest BCUT2D eigenvalue weighted by molar-refractivity contribution is -0.134. The average Bonchev–Trinajstić information content (AvgIpc) is 2.74. The predicted molar refractivity (Wildman–Crippen MR) is 82.4 cm³/mol. The zero-order chi connectivity index (χ0) is 15.4. The molecule has 1 aromatic carbocycles. The van der Waals surface area contributed by atoms with E-state index in [1.165, 1.54) is 4.90 Å². The second-order valence-electron chi connectivity index (χ2n) is 5.31. The van der Waals surface area contributed by atoms with Crippen molar-refractivity contribution >= 4 is 50.2 Å². The Bertz CT molecular complexity index is 864. The van der Waals surface area contributed by atoms with E-state index >= 15 is 0 Å². The molecule has 3 heterocycles. The first-order valence-electron chi connectivity index (χ1n) is 6.83. The van der Waals surface area contributed by atoms with Crippen LogP contribution in [0.2, 0.25) is 0 Å². The van der Waals surface area contributed by atoms with Crippen LogP contribution in [0, 0.1) is 0 Å². The molecule has 0 saturated carbocycles. The fourth-order valence-electron chi connectivity index (χ4n) is 3.08. The predicted octanol–water partition coefficient (Wildman–Crippen LogP) is 1.76. The number of anilines is 1. The molecule has 0 aliphatic carbocycles. The van der Waals surface area contributed by atoms with Crippen LogP contribution in [0.1, 0.15) is 23.2 Å². The first-order chi connectivity index (χ1) is 10.6. The number of pyridine rings is 1. The summed E-state index contributed by atoms with van der Waals surface area (Å²) in [6.07, 6.45) is 0.553. The monoisotopic (exact) mass is 359 g/mol. The van der Waals surface area contributed by atoms with Gasteiger partial charge in [0.2, 0.25) is 11.8 Å². The molecule has 1 saturated heterocycles. The van der Waals surface area contributed by atoms with Crippen LogP contribution in [0.3, 0.4) is 0 Å². The summed E-state index contributed by atoms with van der Waals surface area (Å²) in [5.41, 5.74) is 1.90. The maximum Gasteiger partial charge on any atom is 0.259 e. The first-order valence-corrected chi connectivity index (χ1v) is 7.62. The number of benzene rings is 1. The number of rotatable bonds is 1. The van der Waals surface area contributed by atoms with Gasteiger partial charge in [0.15, 0.2) is 0 Å². The third kappa shape index (κ3) is 1.78. The molecule has 2 aliphatic heterocycles. The van der Waals surface area contributed by atoms with Gasteiger partial charge in [-0.15, -0.1) is 0 Å². The highest BCUT2D eigenvalue weighted by molar-refractivity contribution is 9.10. The van der Waals surface area contributed by atoms with Gasteiger partial charge < -0.3 is 0 Å². The molecule has 22 heavy (non-hydrogen) atoms. The van der Waals surface area contributed by atoms with Gasteiger partial charge in [-0.05, 0) is 40.5 Å². The van der Waals surface area contributed by atoms with Crippen LogP contribution in [-0.4, -0.2) is 28.7 Å². The number of piperidine rings is 1. The topological polar surface area (TPSA) is 79.4 Å². The van der Waals surface area contributed by atoms with E-state index < -0.39 is 11.9 Å². The van der Waals surface area contributed by atoms with Crippen LogP contribution in [0.25, 0.3) is 10.9 Å². The highest BCUT2D eigenvalue weighted by atomic mass is 79.9. The summed E-state index contributed by atoms with van der Waals surface area (Å²) in [7, 11) is 0. The van der Waals surface area contributed by atoms with E-state index in [4.69, 9.17) is 0 Å². The quantitative estimate of drug-likeness (QED) is 0.621. The van der Waals surface area contributed by atoms with E-state index in [9.17, 15) is 14.4 Å². The Kier molecular flexibility index (Phi) is 2.80. The van der Waals surface area contributed by atoms with Gasteiger partial charge in [-0.2, -0.15) is 0 Å². The summed E-state index contributed by atoms with van der Waals surface area (Å²) in [5, 5.41) is 3.05. The first kappa shape index (κ1) is 13.4. The summed E-state index contributed by atoms with van der Waals surface area (Å²) in [5.74, 6) is -0.958. The van der Waals surface area contributed by atoms with Gasteiger partial charge in [-0.3, -0.25) is 24.6 Å². The van der Waals surface area contributed by atoms with Crippen LogP contribution in [0.5, 0.6) is 0 Å². The van der Waals surface area contributed by atoms with Gasteiger partial charge in [-0.1, -0.05) is 6.07 Å². The Balaban J connectivity index is 1.89. The second kappa shape index (κ2) is 4.61. The van der Waals surface area contributed by atoms with Crippen LogP contribution in [0.4, 0.5) is 5.69 Å². The zero-order valence-electron chi connectivity index (χ0n) is 11.3. The number of carbonyl (C=O) groups excluding carboxylic acids is 3. The molecule has 1 fully saturated rings. The van der Waals surface area contributed by atoms with Crippen molar-refractivity contribution in [3.63, 3.8) is 0 Å². The number of halogens is 1. The Hall–Kier alpha value is -2.28. The van der Waals surface area contributed by atoms with E-state index in [0.717, 1.165) is 5.39 Å². The Labute approximate surface area is 133 Å². The number of nitrogens with zero attached hydrogens (tertiary/aromatic N) is 2. The van der Waals surface area contributed by atoms with E-state index in [1.807, 2.05) is 6.07 Å². The highest BCUT2D eigenvalue weighted by Crippen LogP contribution is 2.40. The van der Waals surface area contributed by atoms with E-state index in [1.54, 1.807) is 18.2 Å². The Morgan fingerprint density at radius 2 is 2.09 bits per heavy atom. The molecule has 3 amide bonds. The zero-order valence-corrected chi connectivity index (χ0v) is 12.9. The minimum absolute atomic E-state index is 0.227. The van der Waals surface area contributed by atoms with Gasteiger partial charge in [0.25, 0.3) is 5.91 Å². The van der Waals surface area contributed by atoms with Gasteiger partial charge in [0, 0.05) is 11.8 Å². The molecule has 0 radical (unpaired) electrons. The largest absolute Gasteiger partial charge is 0.295 e. The number of carbonyl (C=O) groups is 3. The van der Waals surface area contributed by atoms with Crippen molar-refractivity contribution in [1.29, 1.82) is 0 Å². The number of amides is 3. The SMILES string of the molecule is O=C1CCC(N2C(=O)c3cccc4nc(Br)cc2c34)C(=O)N1. The standard InChI is InChI=1S/C15H10BrN3O3/c16-11-6-10-13-7(2-1-3-8(13)17-11)15(22)19(10)9-4-5-12(20)18-14(9)21/h1-3,6,9H,4-5H2,(H,18,20,21). The summed E-state index contributed by atoms with van der Waals surface area (Å²) < 4.78 is 0.596. The number of hydrogen-bond acceptors (Lipinski definition) is 4. The molecular weight excluding hydrogens is 350 g/mol. The number of hydrogen-bond donors (Lipinski definition) is 1. The van der Waals surface area contributed by atoms with Gasteiger partial charge >= 0.3 is 0 Å². The molecule has 0 bridgehead atoms. The van der Waals surface area contributed by atoms with Gasteiger partial charge in [0.1, 0.15) is 10.6 Å². The van der Waals surface area contributed by atoms with Crippen molar-refractivity contribution in [3.05, 3.63) is 34.4 Å². The molecule has 0 spiro atoms. The van der Waals surface area contributed by atoms with Crippen molar-refractivity contribution < 1.29 is 14.4 Å². The molecule has 2 aromatic rings. The molecule has 2 aliphatic rings. The van der Waals surface area contributed by atoms with Crippen molar-refractivity contribution in [1.82, 2.24) is 10.3 Å². The molecule has 4 rings (SSSR count). The van der Waals surface area contributed by atoms with Crippen molar-refractivity contribution in [2.75, 3.05) is 4.90 Å². The van der Waals surface area contributed by atoms with Crippen LogP contribution >= 0.6 is 15.9 Å². The number of imide groups is 1. The van der Waals surface area contributed by atoms with Crippen LogP contribution < -0.4 is 10.2 Å².